The van der Waals surface area contributed by atoms with Gasteiger partial charge < -0.3 is 0 Å². The second kappa shape index (κ2) is 4.82. The van der Waals surface area contributed by atoms with Gasteiger partial charge in [0.05, 0.1) is 0 Å². The van der Waals surface area contributed by atoms with Gasteiger partial charge in [-0.15, -0.1) is 0 Å². The van der Waals surface area contributed by atoms with Gasteiger partial charge in [0.15, 0.2) is 0 Å². The first-order valence-corrected chi connectivity index (χ1v) is 6.27. The van der Waals surface area contributed by atoms with Crippen molar-refractivity contribution in [3.8, 4) is 0 Å². The lowest BCUT2D eigenvalue weighted by Crippen LogP contribution is -2.03. The van der Waals surface area contributed by atoms with Crippen molar-refractivity contribution in [2.45, 2.75) is 0 Å². The monoisotopic (exact) mass is 267 g/mol. The maximum atomic E-state index is 12.3. The van der Waals surface area contributed by atoms with E-state index in [0.717, 1.165) is 10.8 Å². The molecule has 0 saturated carbocycles. The maximum Gasteiger partial charge on any atom is 0.211 e. The Morgan fingerprint density at radius 1 is 0.947 bits per heavy atom. The molecule has 92 valence electrons. The molecule has 3 aromatic rings. The molecule has 0 amide bonds. The molecule has 1 heterocycles. The van der Waals surface area contributed by atoms with Crippen LogP contribution in [0, 0.1) is 0 Å². The first-order chi connectivity index (χ1) is 9.24. The molecule has 2 aromatic carbocycles. The molecular formula is C16H10ClNO. The summed E-state index contributed by atoms with van der Waals surface area (Å²) in [4.78, 5) is 16.5. The number of carbonyl (C=O) groups is 1. The third kappa shape index (κ3) is 2.35. The minimum atomic E-state index is -0.0950. The Morgan fingerprint density at radius 3 is 2.37 bits per heavy atom. The quantitative estimate of drug-likeness (QED) is 0.654. The van der Waals surface area contributed by atoms with Crippen LogP contribution in [-0.2, 0) is 0 Å². The van der Waals surface area contributed by atoms with E-state index in [-0.39, 0.29) is 5.78 Å². The predicted octanol–water partition coefficient (Wildman–Crippen LogP) is 4.12. The summed E-state index contributed by atoms with van der Waals surface area (Å²) in [6.07, 6.45) is 1.72. The molecular weight excluding hydrogens is 258 g/mol. The number of pyridine rings is 1. The highest BCUT2D eigenvalue weighted by Gasteiger charge is 2.10. The van der Waals surface area contributed by atoms with E-state index in [2.05, 4.69) is 4.98 Å². The number of ketones is 1. The van der Waals surface area contributed by atoms with Crippen LogP contribution >= 0.6 is 11.6 Å². The molecule has 0 fully saturated rings. The Morgan fingerprint density at radius 2 is 1.63 bits per heavy atom. The molecule has 3 heteroatoms. The summed E-state index contributed by atoms with van der Waals surface area (Å²) in [5, 5.41) is 2.65. The van der Waals surface area contributed by atoms with Crippen molar-refractivity contribution >= 4 is 28.2 Å². The summed E-state index contributed by atoms with van der Waals surface area (Å²) in [7, 11) is 0. The molecule has 0 aliphatic heterocycles. The van der Waals surface area contributed by atoms with Gasteiger partial charge in [-0.1, -0.05) is 35.9 Å². The number of fused-ring (bicyclic) bond motifs is 1. The van der Waals surface area contributed by atoms with Crippen molar-refractivity contribution in [1.82, 2.24) is 4.98 Å². The van der Waals surface area contributed by atoms with Gasteiger partial charge in [0.2, 0.25) is 5.78 Å². The van der Waals surface area contributed by atoms with Crippen LogP contribution in [0.4, 0.5) is 0 Å². The molecule has 3 rings (SSSR count). The number of halogens is 1. The maximum absolute atomic E-state index is 12.3. The highest BCUT2D eigenvalue weighted by molar-refractivity contribution is 6.30. The molecule has 0 unspecified atom stereocenters. The molecule has 0 atom stereocenters. The second-order valence-corrected chi connectivity index (χ2v) is 4.69. The van der Waals surface area contributed by atoms with Crippen molar-refractivity contribution in [3.05, 3.63) is 77.1 Å². The molecule has 0 N–H and O–H groups in total. The minimum Gasteiger partial charge on any atom is -0.287 e. The fourth-order valence-corrected chi connectivity index (χ4v) is 2.08. The summed E-state index contributed by atoms with van der Waals surface area (Å²) in [5.41, 5.74) is 1.04. The van der Waals surface area contributed by atoms with Gasteiger partial charge in [-0.25, -0.2) is 0 Å². The fourth-order valence-electron chi connectivity index (χ4n) is 1.96. The first-order valence-electron chi connectivity index (χ1n) is 5.89. The molecule has 2 nitrogen and oxygen atoms in total. The third-order valence-electron chi connectivity index (χ3n) is 2.97. The van der Waals surface area contributed by atoms with E-state index in [0.29, 0.717) is 16.3 Å². The van der Waals surface area contributed by atoms with Gasteiger partial charge in [-0.2, -0.15) is 0 Å². The van der Waals surface area contributed by atoms with Crippen molar-refractivity contribution in [1.29, 1.82) is 0 Å². The zero-order chi connectivity index (χ0) is 13.2. The largest absolute Gasteiger partial charge is 0.287 e. The SMILES string of the molecule is O=C(c1ccc(Cl)cc1)c1cc2ccccc2cn1. The Hall–Kier alpha value is -2.19. The molecule has 19 heavy (non-hydrogen) atoms. The lowest BCUT2D eigenvalue weighted by molar-refractivity contribution is 0.103. The number of benzene rings is 2. The summed E-state index contributed by atoms with van der Waals surface area (Å²) < 4.78 is 0. The normalized spacial score (nSPS) is 10.6. The van der Waals surface area contributed by atoms with Crippen LogP contribution in [0.25, 0.3) is 10.8 Å². The Labute approximate surface area is 115 Å². The van der Waals surface area contributed by atoms with E-state index >= 15 is 0 Å². The Kier molecular flexibility index (Phi) is 3.02. The molecule has 0 aliphatic carbocycles. The van der Waals surface area contributed by atoms with E-state index in [1.807, 2.05) is 30.3 Å². The van der Waals surface area contributed by atoms with E-state index in [4.69, 9.17) is 11.6 Å². The van der Waals surface area contributed by atoms with E-state index in [9.17, 15) is 4.79 Å². The molecule has 0 aliphatic rings. The topological polar surface area (TPSA) is 30.0 Å². The van der Waals surface area contributed by atoms with Gasteiger partial charge in [-0.3, -0.25) is 9.78 Å². The van der Waals surface area contributed by atoms with Crippen molar-refractivity contribution in [3.63, 3.8) is 0 Å². The zero-order valence-corrected chi connectivity index (χ0v) is 10.8. The average molecular weight is 268 g/mol. The molecule has 1 aromatic heterocycles. The number of nitrogens with zero attached hydrogens (tertiary/aromatic N) is 1. The summed E-state index contributed by atoms with van der Waals surface area (Å²) in [6, 6.07) is 16.5. The van der Waals surface area contributed by atoms with Gasteiger partial charge in [0.1, 0.15) is 5.69 Å². The average Bonchev–Trinajstić information content (AvgIpc) is 2.47. The first kappa shape index (κ1) is 11.9. The van der Waals surface area contributed by atoms with Crippen molar-refractivity contribution in [2.24, 2.45) is 0 Å². The van der Waals surface area contributed by atoms with Crippen LogP contribution < -0.4 is 0 Å². The van der Waals surface area contributed by atoms with Crippen LogP contribution in [0.2, 0.25) is 5.02 Å². The van der Waals surface area contributed by atoms with Gasteiger partial charge in [0, 0.05) is 22.2 Å². The van der Waals surface area contributed by atoms with Crippen molar-refractivity contribution < 1.29 is 4.79 Å². The smallest absolute Gasteiger partial charge is 0.211 e. The van der Waals surface area contributed by atoms with Crippen LogP contribution in [0.1, 0.15) is 16.1 Å². The molecule has 0 saturated heterocycles. The van der Waals surface area contributed by atoms with Gasteiger partial charge in [-0.05, 0) is 35.7 Å². The van der Waals surface area contributed by atoms with Crippen LogP contribution in [-0.4, -0.2) is 10.8 Å². The molecule has 0 spiro atoms. The zero-order valence-electron chi connectivity index (χ0n) is 10.0. The summed E-state index contributed by atoms with van der Waals surface area (Å²) in [6.45, 7) is 0. The number of rotatable bonds is 2. The van der Waals surface area contributed by atoms with Crippen LogP contribution in [0.3, 0.4) is 0 Å². The molecule has 0 bridgehead atoms. The molecule has 0 radical (unpaired) electrons. The standard InChI is InChI=1S/C16H10ClNO/c17-14-7-5-11(6-8-14)16(19)15-9-12-3-1-2-4-13(12)10-18-15/h1-10H. The van der Waals surface area contributed by atoms with Crippen molar-refractivity contribution in [2.75, 3.05) is 0 Å². The Balaban J connectivity index is 2.04. The fraction of sp³-hybridized carbons (Fsp3) is 0. The minimum absolute atomic E-state index is 0.0950. The lowest BCUT2D eigenvalue weighted by atomic mass is 10.1. The van der Waals surface area contributed by atoms with Crippen LogP contribution in [0.15, 0.2) is 60.8 Å². The van der Waals surface area contributed by atoms with Crippen LogP contribution in [0.5, 0.6) is 0 Å². The third-order valence-corrected chi connectivity index (χ3v) is 3.22. The number of hydrogen-bond acceptors (Lipinski definition) is 2. The van der Waals surface area contributed by atoms with Gasteiger partial charge >= 0.3 is 0 Å². The second-order valence-electron chi connectivity index (χ2n) is 4.25. The highest BCUT2D eigenvalue weighted by Crippen LogP contribution is 2.17. The summed E-state index contributed by atoms with van der Waals surface area (Å²) >= 11 is 5.81. The number of carbonyl (C=O) groups excluding carboxylic acids is 1. The summed E-state index contributed by atoms with van der Waals surface area (Å²) in [5.74, 6) is -0.0950. The number of hydrogen-bond donors (Lipinski definition) is 0. The lowest BCUT2D eigenvalue weighted by Gasteiger charge is -2.02. The van der Waals surface area contributed by atoms with E-state index < -0.39 is 0 Å². The Bertz CT molecular complexity index is 750. The van der Waals surface area contributed by atoms with E-state index in [1.165, 1.54) is 0 Å². The van der Waals surface area contributed by atoms with E-state index in [1.54, 1.807) is 30.5 Å². The predicted molar refractivity (Wildman–Crippen MR) is 76.6 cm³/mol. The van der Waals surface area contributed by atoms with Gasteiger partial charge in [0.25, 0.3) is 0 Å². The highest BCUT2D eigenvalue weighted by atomic mass is 35.5. The number of aromatic nitrogens is 1.